The second-order valence-electron chi connectivity index (χ2n) is 11.5. The summed E-state index contributed by atoms with van der Waals surface area (Å²) < 4.78 is 11.9. The SMILES string of the molecule is O=C(O)CC1CCCN(C(=O)c2cc(C(=O)O)ccc2OCCCc2ccc(OCCCC3CCCCC3)cc2)C1. The first-order valence-corrected chi connectivity index (χ1v) is 15.1. The summed E-state index contributed by atoms with van der Waals surface area (Å²) in [7, 11) is 0. The lowest BCUT2D eigenvalue weighted by Gasteiger charge is -2.32. The molecule has 8 heteroatoms. The summed E-state index contributed by atoms with van der Waals surface area (Å²) in [6.07, 6.45) is 12.2. The van der Waals surface area contributed by atoms with Crippen LogP contribution in [0.25, 0.3) is 0 Å². The van der Waals surface area contributed by atoms with Gasteiger partial charge in [-0.3, -0.25) is 9.59 Å². The van der Waals surface area contributed by atoms with E-state index >= 15 is 0 Å². The molecule has 2 aromatic carbocycles. The van der Waals surface area contributed by atoms with Crippen molar-refractivity contribution < 1.29 is 34.1 Å². The molecule has 0 bridgehead atoms. The third-order valence-electron chi connectivity index (χ3n) is 8.27. The van der Waals surface area contributed by atoms with Crippen LogP contribution in [0.4, 0.5) is 0 Å². The third-order valence-corrected chi connectivity index (χ3v) is 8.27. The number of aromatic carboxylic acids is 1. The van der Waals surface area contributed by atoms with Gasteiger partial charge < -0.3 is 24.6 Å². The highest BCUT2D eigenvalue weighted by Gasteiger charge is 2.28. The molecule has 8 nitrogen and oxygen atoms in total. The van der Waals surface area contributed by atoms with Gasteiger partial charge in [0.15, 0.2) is 0 Å². The molecule has 1 aliphatic heterocycles. The number of likely N-dealkylation sites (tertiary alicyclic amines) is 1. The van der Waals surface area contributed by atoms with Gasteiger partial charge in [0, 0.05) is 19.5 Å². The molecule has 1 atom stereocenters. The van der Waals surface area contributed by atoms with Gasteiger partial charge >= 0.3 is 11.9 Å². The van der Waals surface area contributed by atoms with Crippen LogP contribution in [-0.2, 0) is 11.2 Å². The van der Waals surface area contributed by atoms with Crippen molar-refractivity contribution in [2.45, 2.75) is 77.0 Å². The Labute approximate surface area is 242 Å². The van der Waals surface area contributed by atoms with Crippen LogP contribution in [0.3, 0.4) is 0 Å². The van der Waals surface area contributed by atoms with Gasteiger partial charge in [-0.25, -0.2) is 4.79 Å². The van der Waals surface area contributed by atoms with Crippen molar-refractivity contribution in [3.63, 3.8) is 0 Å². The molecule has 2 fully saturated rings. The number of carboxylic acids is 2. The predicted octanol–water partition coefficient (Wildman–Crippen LogP) is 6.46. The van der Waals surface area contributed by atoms with Crippen molar-refractivity contribution >= 4 is 17.8 Å². The lowest BCUT2D eigenvalue weighted by molar-refractivity contribution is -0.138. The van der Waals surface area contributed by atoms with Crippen LogP contribution in [0, 0.1) is 11.8 Å². The molecule has 1 unspecified atom stereocenters. The summed E-state index contributed by atoms with van der Waals surface area (Å²) in [6.45, 7) is 1.96. The van der Waals surface area contributed by atoms with E-state index in [2.05, 4.69) is 12.1 Å². The number of aryl methyl sites for hydroxylation is 1. The number of piperidine rings is 1. The molecule has 0 radical (unpaired) electrons. The smallest absolute Gasteiger partial charge is 0.335 e. The fourth-order valence-corrected chi connectivity index (χ4v) is 6.04. The van der Waals surface area contributed by atoms with Crippen molar-refractivity contribution in [2.24, 2.45) is 11.8 Å². The highest BCUT2D eigenvalue weighted by atomic mass is 16.5. The minimum Gasteiger partial charge on any atom is -0.494 e. The first-order valence-electron chi connectivity index (χ1n) is 15.1. The Morgan fingerprint density at radius 1 is 0.829 bits per heavy atom. The number of carbonyl (C=O) groups is 3. The predicted molar refractivity (Wildman–Crippen MR) is 156 cm³/mol. The van der Waals surface area contributed by atoms with Crippen molar-refractivity contribution in [2.75, 3.05) is 26.3 Å². The molecular weight excluding hydrogens is 522 g/mol. The van der Waals surface area contributed by atoms with Crippen molar-refractivity contribution in [1.29, 1.82) is 0 Å². The molecule has 1 heterocycles. The van der Waals surface area contributed by atoms with Gasteiger partial charge in [0.25, 0.3) is 5.91 Å². The van der Waals surface area contributed by atoms with Crippen LogP contribution >= 0.6 is 0 Å². The second kappa shape index (κ2) is 15.5. The Morgan fingerprint density at radius 3 is 2.29 bits per heavy atom. The molecule has 2 aliphatic rings. The highest BCUT2D eigenvalue weighted by Crippen LogP contribution is 2.28. The van der Waals surface area contributed by atoms with Crippen LogP contribution in [0.2, 0.25) is 0 Å². The number of carbonyl (C=O) groups excluding carboxylic acids is 1. The van der Waals surface area contributed by atoms with Crippen molar-refractivity contribution in [3.05, 3.63) is 59.2 Å². The fraction of sp³-hybridized carbons (Fsp3) is 0.545. The van der Waals surface area contributed by atoms with Gasteiger partial charge in [-0.15, -0.1) is 0 Å². The Balaban J connectivity index is 1.25. The number of hydrogen-bond donors (Lipinski definition) is 2. The Hall–Kier alpha value is -3.55. The molecule has 1 saturated carbocycles. The summed E-state index contributed by atoms with van der Waals surface area (Å²) in [5.41, 5.74) is 1.38. The normalized spacial score (nSPS) is 17.7. The molecular formula is C33H43NO7. The summed E-state index contributed by atoms with van der Waals surface area (Å²) >= 11 is 0. The van der Waals surface area contributed by atoms with E-state index in [0.29, 0.717) is 31.9 Å². The maximum Gasteiger partial charge on any atom is 0.335 e. The summed E-state index contributed by atoms with van der Waals surface area (Å²) in [5, 5.41) is 18.6. The number of amides is 1. The largest absolute Gasteiger partial charge is 0.494 e. The van der Waals surface area contributed by atoms with E-state index in [0.717, 1.165) is 44.0 Å². The monoisotopic (exact) mass is 565 g/mol. The lowest BCUT2D eigenvalue weighted by Crippen LogP contribution is -2.40. The van der Waals surface area contributed by atoms with Crippen LogP contribution < -0.4 is 9.47 Å². The number of benzene rings is 2. The topological polar surface area (TPSA) is 113 Å². The van der Waals surface area contributed by atoms with E-state index in [4.69, 9.17) is 14.6 Å². The molecule has 1 saturated heterocycles. The number of rotatable bonds is 14. The maximum absolute atomic E-state index is 13.4. The lowest BCUT2D eigenvalue weighted by atomic mass is 9.86. The summed E-state index contributed by atoms with van der Waals surface area (Å²) in [6, 6.07) is 12.5. The van der Waals surface area contributed by atoms with Gasteiger partial charge in [0.2, 0.25) is 0 Å². The molecule has 41 heavy (non-hydrogen) atoms. The minimum atomic E-state index is -1.12. The van der Waals surface area contributed by atoms with Gasteiger partial charge in [-0.05, 0) is 86.3 Å². The first-order chi connectivity index (χ1) is 19.9. The van der Waals surface area contributed by atoms with Crippen molar-refractivity contribution in [1.82, 2.24) is 4.90 Å². The molecule has 222 valence electrons. The second-order valence-corrected chi connectivity index (χ2v) is 11.5. The first kappa shape index (κ1) is 30.4. The van der Waals surface area contributed by atoms with Crippen LogP contribution in [0.5, 0.6) is 11.5 Å². The van der Waals surface area contributed by atoms with Crippen LogP contribution in [0.1, 0.15) is 96.9 Å². The Morgan fingerprint density at radius 2 is 1.56 bits per heavy atom. The average molecular weight is 566 g/mol. The Bertz CT molecular complexity index is 1160. The molecule has 2 N–H and O–H groups in total. The van der Waals surface area contributed by atoms with Crippen LogP contribution in [0.15, 0.2) is 42.5 Å². The van der Waals surface area contributed by atoms with E-state index in [1.807, 2.05) is 12.1 Å². The summed E-state index contributed by atoms with van der Waals surface area (Å²) in [4.78, 5) is 37.7. The molecule has 2 aromatic rings. The molecule has 1 aliphatic carbocycles. The Kier molecular flexibility index (Phi) is 11.5. The van der Waals surface area contributed by atoms with Gasteiger partial charge in [0.1, 0.15) is 11.5 Å². The third kappa shape index (κ3) is 9.51. The van der Waals surface area contributed by atoms with Gasteiger partial charge in [0.05, 0.1) is 24.3 Å². The highest BCUT2D eigenvalue weighted by molar-refractivity contribution is 6.00. The molecule has 4 rings (SSSR count). The van der Waals surface area contributed by atoms with Gasteiger partial charge in [-0.1, -0.05) is 44.2 Å². The summed E-state index contributed by atoms with van der Waals surface area (Å²) in [5.74, 6) is -0.334. The molecule has 0 aromatic heterocycles. The zero-order chi connectivity index (χ0) is 29.0. The number of nitrogens with zero attached hydrogens (tertiary/aromatic N) is 1. The van der Waals surface area contributed by atoms with E-state index in [1.165, 1.54) is 62.3 Å². The minimum absolute atomic E-state index is 0.00975. The number of hydrogen-bond acceptors (Lipinski definition) is 5. The molecule has 1 amide bonds. The van der Waals surface area contributed by atoms with Gasteiger partial charge in [-0.2, -0.15) is 0 Å². The van der Waals surface area contributed by atoms with E-state index in [1.54, 1.807) is 4.90 Å². The van der Waals surface area contributed by atoms with Crippen LogP contribution in [-0.4, -0.2) is 59.3 Å². The zero-order valence-corrected chi connectivity index (χ0v) is 23.9. The van der Waals surface area contributed by atoms with E-state index in [9.17, 15) is 19.5 Å². The quantitative estimate of drug-likeness (QED) is 0.253. The number of carboxylic acid groups (broad SMARTS) is 2. The standard InChI is InChI=1S/C33H43NO7/c35-31(36)21-26-9-4-18-34(23-26)32(37)29-22-27(33(38)39)14-17-30(29)41-20-6-11-25-12-15-28(16-13-25)40-19-5-10-24-7-2-1-3-8-24/h12-17,22,24,26H,1-11,18-21,23H2,(H,35,36)(H,38,39). The molecule has 0 spiro atoms. The fourth-order valence-electron chi connectivity index (χ4n) is 6.04. The van der Waals surface area contributed by atoms with Crippen molar-refractivity contribution in [3.8, 4) is 11.5 Å². The van der Waals surface area contributed by atoms with E-state index in [-0.39, 0.29) is 29.4 Å². The maximum atomic E-state index is 13.4. The number of ether oxygens (including phenoxy) is 2. The average Bonchev–Trinajstić information content (AvgIpc) is 2.98. The van der Waals surface area contributed by atoms with E-state index < -0.39 is 11.9 Å². The number of aliphatic carboxylic acids is 1. The zero-order valence-electron chi connectivity index (χ0n) is 23.9.